The molecule has 3 heterocycles. The molecule has 0 aliphatic rings. The monoisotopic (exact) mass is 1080 g/mol. The van der Waals surface area contributed by atoms with Gasteiger partial charge in [-0.3, -0.25) is 4.57 Å². The van der Waals surface area contributed by atoms with E-state index in [-0.39, 0.29) is 48.1 Å². The smallest absolute Gasteiger partial charge is 0.267 e. The van der Waals surface area contributed by atoms with Gasteiger partial charge < -0.3 is 13.9 Å². The van der Waals surface area contributed by atoms with E-state index in [1.807, 2.05) is 24.4 Å². The molecule has 0 aliphatic heterocycles. The van der Waals surface area contributed by atoms with Crippen LogP contribution < -0.4 is 9.30 Å². The molecule has 0 N–H and O–H groups in total. The van der Waals surface area contributed by atoms with Gasteiger partial charge in [-0.1, -0.05) is 180 Å². The van der Waals surface area contributed by atoms with Crippen molar-refractivity contribution in [3.8, 4) is 28.7 Å². The Morgan fingerprint density at radius 1 is 0.500 bits per heavy atom. The first-order valence-electron chi connectivity index (χ1n) is 23.6. The van der Waals surface area contributed by atoms with Crippen molar-refractivity contribution >= 4 is 21.8 Å². The maximum absolute atomic E-state index is 6.78. The molecule has 0 saturated heterocycles. The first kappa shape index (κ1) is 48.4. The topological polar surface area (TPSA) is 35.9 Å². The molecule has 0 amide bonds. The summed E-state index contributed by atoms with van der Waals surface area (Å²) in [4.78, 5) is 5.01. The van der Waals surface area contributed by atoms with Crippen LogP contribution in [0.2, 0.25) is 0 Å². The van der Waals surface area contributed by atoms with Gasteiger partial charge in [0.05, 0.1) is 17.1 Å². The number of fused-ring (bicyclic) bond motifs is 3. The van der Waals surface area contributed by atoms with Crippen molar-refractivity contribution < 1.29 is 30.4 Å². The molecule has 6 heteroatoms. The van der Waals surface area contributed by atoms with Gasteiger partial charge in [0, 0.05) is 55.1 Å². The number of imidazole rings is 1. The zero-order chi connectivity index (χ0) is 47.7. The summed E-state index contributed by atoms with van der Waals surface area (Å²) in [7, 11) is 0. The fraction of sp³-hybridized carbons (Fsp3) is 0.290. The zero-order valence-electron chi connectivity index (χ0n) is 41.9. The average molecular weight is 1080 g/mol. The fourth-order valence-electron chi connectivity index (χ4n) is 9.59. The van der Waals surface area contributed by atoms with Crippen LogP contribution in [-0.4, -0.2) is 14.1 Å². The van der Waals surface area contributed by atoms with Crippen LogP contribution in [0.1, 0.15) is 129 Å². The Balaban J connectivity index is 0.00000625. The van der Waals surface area contributed by atoms with Crippen LogP contribution in [-0.2, 0) is 48.1 Å². The number of nitrogens with zero attached hydrogens (tertiary/aromatic N) is 4. The van der Waals surface area contributed by atoms with Gasteiger partial charge in [0.2, 0.25) is 0 Å². The van der Waals surface area contributed by atoms with Gasteiger partial charge in [-0.15, -0.1) is 29.7 Å². The molecule has 0 spiro atoms. The van der Waals surface area contributed by atoms with Gasteiger partial charge >= 0.3 is 0 Å². The van der Waals surface area contributed by atoms with Crippen LogP contribution in [0.5, 0.6) is 11.5 Å². The van der Waals surface area contributed by atoms with Gasteiger partial charge in [-0.25, -0.2) is 4.98 Å². The molecule has 6 aromatic carbocycles. The van der Waals surface area contributed by atoms with Crippen LogP contribution in [0.15, 0.2) is 152 Å². The molecule has 5 nitrogen and oxygen atoms in total. The van der Waals surface area contributed by atoms with Crippen LogP contribution in [0.3, 0.4) is 0 Å². The Labute approximate surface area is 419 Å². The molecule has 68 heavy (non-hydrogen) atoms. The van der Waals surface area contributed by atoms with Gasteiger partial charge in [-0.05, 0) is 85.5 Å². The van der Waals surface area contributed by atoms with Crippen molar-refractivity contribution in [2.45, 2.75) is 117 Å². The van der Waals surface area contributed by atoms with Crippen molar-refractivity contribution in [1.29, 1.82) is 0 Å². The molecule has 9 aromatic rings. The normalized spacial score (nSPS) is 12.7. The van der Waals surface area contributed by atoms with E-state index in [2.05, 4.69) is 250 Å². The molecule has 9 rings (SSSR count). The number of hydrogen-bond donors (Lipinski definition) is 0. The molecule has 3 aromatic heterocycles. The third kappa shape index (κ3) is 9.03. The fourth-order valence-corrected chi connectivity index (χ4v) is 9.59. The number of benzene rings is 6. The molecular weight excluding hydrogens is 1010 g/mol. The number of pyridine rings is 1. The maximum atomic E-state index is 6.78. The van der Waals surface area contributed by atoms with E-state index in [9.17, 15) is 0 Å². The molecule has 0 fully saturated rings. The van der Waals surface area contributed by atoms with Gasteiger partial charge in [0.25, 0.3) is 6.33 Å². The number of aromatic nitrogens is 4. The van der Waals surface area contributed by atoms with Gasteiger partial charge in [0.15, 0.2) is 0 Å². The number of hydrogen-bond acceptors (Lipinski definition) is 2. The summed E-state index contributed by atoms with van der Waals surface area (Å²) in [6.07, 6.45) is 5.77. The average Bonchev–Trinajstić information content (AvgIpc) is 3.87. The van der Waals surface area contributed by atoms with E-state index in [0.29, 0.717) is 11.5 Å². The minimum Gasteiger partial charge on any atom is -0.510 e. The Morgan fingerprint density at radius 3 is 1.72 bits per heavy atom. The molecule has 0 aliphatic carbocycles. The van der Waals surface area contributed by atoms with Crippen molar-refractivity contribution in [3.05, 3.63) is 209 Å². The number of ether oxygens (including phenoxy) is 1. The molecule has 0 saturated carbocycles. The predicted octanol–water partition coefficient (Wildman–Crippen LogP) is 15.0. The third-order valence-electron chi connectivity index (χ3n) is 13.5. The summed E-state index contributed by atoms with van der Waals surface area (Å²) in [6.45, 7) is 29.6. The molecule has 350 valence electrons. The third-order valence-corrected chi connectivity index (χ3v) is 13.5. The molecule has 0 radical (unpaired) electrons. The Morgan fingerprint density at radius 2 is 1.10 bits per heavy atom. The summed E-state index contributed by atoms with van der Waals surface area (Å²) < 4.78 is 13.5. The SMILES string of the molecule is CC(C)(C)c1ccc2c(c1)c1ccc(Oc3[c-]c(-n4[c-][n+](-c5cccc(C(C)(C)c6ccccc6)c5)c(C(C)(C)C)c4C(C)(C)C)ccc3)[c-]c1n2-c1cc(C(C)(C)c2ccccc2)ccn1.[Pt]. The summed E-state index contributed by atoms with van der Waals surface area (Å²) in [5, 5.41) is 2.25. The van der Waals surface area contributed by atoms with E-state index in [0.717, 1.165) is 39.0 Å². The van der Waals surface area contributed by atoms with E-state index in [1.165, 1.54) is 39.2 Å². The first-order valence-corrected chi connectivity index (χ1v) is 23.6. The van der Waals surface area contributed by atoms with E-state index in [4.69, 9.17) is 9.72 Å². The van der Waals surface area contributed by atoms with Gasteiger partial charge in [-0.2, -0.15) is 18.2 Å². The standard InChI is InChI=1S/C62H64N4O.Pt/c1-58(2,3)44-30-33-53-52(37-44)51-32-31-50(40-54(51)66(53)55-38-46(34-35-63-55)62(12,13)43-24-18-15-19-25-43)67-49-29-21-28-48(39-49)65-41-64(56(59(4,5)6)57(65)60(7,8)9)47-27-20-26-45(36-47)61(10,11)42-22-16-14-17-23-42;/h14-38H,1-13H3;/q-2;. The number of rotatable bonds is 9. The van der Waals surface area contributed by atoms with E-state index in [1.54, 1.807) is 0 Å². The summed E-state index contributed by atoms with van der Waals surface area (Å²) >= 11 is 0. The van der Waals surface area contributed by atoms with Crippen LogP contribution >= 0.6 is 0 Å². The first-order chi connectivity index (χ1) is 31.6. The van der Waals surface area contributed by atoms with Crippen molar-refractivity contribution in [2.24, 2.45) is 0 Å². The molecule has 0 unspecified atom stereocenters. The molecule has 0 atom stereocenters. The second kappa shape index (κ2) is 17.8. The van der Waals surface area contributed by atoms with Crippen molar-refractivity contribution in [2.75, 3.05) is 0 Å². The minimum absolute atomic E-state index is 0. The largest absolute Gasteiger partial charge is 0.510 e. The van der Waals surface area contributed by atoms with E-state index < -0.39 is 0 Å². The Kier molecular flexibility index (Phi) is 12.7. The second-order valence-electron chi connectivity index (χ2n) is 22.3. The van der Waals surface area contributed by atoms with E-state index >= 15 is 0 Å². The molecule has 0 bridgehead atoms. The van der Waals surface area contributed by atoms with Crippen LogP contribution in [0.25, 0.3) is 39.0 Å². The molecular formula is C62H64N4OPt-2. The summed E-state index contributed by atoms with van der Waals surface area (Å²) in [5.74, 6) is 2.02. The zero-order valence-corrected chi connectivity index (χ0v) is 44.2. The van der Waals surface area contributed by atoms with Crippen LogP contribution in [0.4, 0.5) is 0 Å². The van der Waals surface area contributed by atoms with Crippen molar-refractivity contribution in [3.63, 3.8) is 0 Å². The maximum Gasteiger partial charge on any atom is 0.267 e. The van der Waals surface area contributed by atoms with Crippen molar-refractivity contribution in [1.82, 2.24) is 14.1 Å². The van der Waals surface area contributed by atoms with Gasteiger partial charge in [0.1, 0.15) is 5.82 Å². The Hall–Kier alpha value is -6.03. The minimum atomic E-state index is -0.240. The Bertz CT molecular complexity index is 3260. The summed E-state index contributed by atoms with van der Waals surface area (Å²) in [6, 6.07) is 59.2. The predicted molar refractivity (Wildman–Crippen MR) is 276 cm³/mol. The second-order valence-corrected chi connectivity index (χ2v) is 22.3. The quantitative estimate of drug-likeness (QED) is 0.107. The summed E-state index contributed by atoms with van der Waals surface area (Å²) in [5.41, 5.74) is 11.6. The van der Waals surface area contributed by atoms with Crippen LogP contribution in [0, 0.1) is 18.5 Å².